The number of nitrogens with zero attached hydrogens (tertiary/aromatic N) is 3. The maximum Gasteiger partial charge on any atom is 0.410 e. The van der Waals surface area contributed by atoms with Crippen molar-refractivity contribution in [3.05, 3.63) is 21.3 Å². The Morgan fingerprint density at radius 1 is 1.29 bits per heavy atom. The molecule has 1 aliphatic heterocycles. The third-order valence-corrected chi connectivity index (χ3v) is 5.89. The zero-order chi connectivity index (χ0) is 29.4. The van der Waals surface area contributed by atoms with E-state index in [0.717, 1.165) is 11.8 Å². The molecular formula is C22H35ClF3N6O4PS. The zero-order valence-corrected chi connectivity index (χ0v) is 25.1. The van der Waals surface area contributed by atoms with Crippen LogP contribution in [-0.2, 0) is 4.74 Å². The number of fused-ring (bicyclic) bond motifs is 1. The second-order valence-corrected chi connectivity index (χ2v) is 10.4. The molecule has 2 aromatic heterocycles. The van der Waals surface area contributed by atoms with E-state index >= 15 is 0 Å². The molecule has 38 heavy (non-hydrogen) atoms. The molecule has 1 aliphatic rings. The molecule has 1 fully saturated rings. The van der Waals surface area contributed by atoms with Crippen molar-refractivity contribution in [2.45, 2.75) is 63.2 Å². The molecule has 216 valence electrons. The van der Waals surface area contributed by atoms with Crippen LogP contribution < -0.4 is 21.3 Å². The normalized spacial score (nSPS) is 16.6. The lowest BCUT2D eigenvalue weighted by Gasteiger charge is -2.39. The predicted molar refractivity (Wildman–Crippen MR) is 147 cm³/mol. The predicted octanol–water partition coefficient (Wildman–Crippen LogP) is 3.86. The molecule has 0 saturated carbocycles. The Morgan fingerprint density at radius 3 is 2.42 bits per heavy atom. The second kappa shape index (κ2) is 14.5. The van der Waals surface area contributed by atoms with E-state index in [1.54, 1.807) is 27.0 Å². The van der Waals surface area contributed by atoms with Crippen molar-refractivity contribution >= 4 is 49.6 Å². The summed E-state index contributed by atoms with van der Waals surface area (Å²) < 4.78 is 54.8. The van der Waals surface area contributed by atoms with E-state index in [1.807, 2.05) is 13.8 Å². The molecule has 0 spiro atoms. The number of nitrogens with two attached hydrogens (primary N) is 1. The summed E-state index contributed by atoms with van der Waals surface area (Å²) in [6.07, 6.45) is -0.985. The van der Waals surface area contributed by atoms with Crippen LogP contribution in [0.4, 0.5) is 18.0 Å². The minimum absolute atomic E-state index is 0.0968. The van der Waals surface area contributed by atoms with Gasteiger partial charge in [0.2, 0.25) is 5.88 Å². The topological polar surface area (TPSA) is 135 Å². The van der Waals surface area contributed by atoms with E-state index in [9.17, 15) is 22.8 Å². The number of hydrogen-bond donors (Lipinski definition) is 3. The number of H-pyrrole nitrogens is 1. The van der Waals surface area contributed by atoms with Crippen molar-refractivity contribution in [3.63, 3.8) is 0 Å². The van der Waals surface area contributed by atoms with Crippen molar-refractivity contribution < 1.29 is 27.4 Å². The van der Waals surface area contributed by atoms with Crippen LogP contribution in [0.15, 0.2) is 9.95 Å². The van der Waals surface area contributed by atoms with Crippen molar-refractivity contribution in [2.24, 2.45) is 5.73 Å². The SMILES string of the molecule is CC.CN.CSc1nc2c(F)c(Cl)nc(OC(C3CN(C(=O)OC(C)(C)C)CCN3)C(F)(F)P)c2c(=O)[nH]1. The summed E-state index contributed by atoms with van der Waals surface area (Å²) in [6.45, 7) is 9.30. The number of rotatable bonds is 5. The maximum atomic E-state index is 14.7. The molecule has 4 N–H and O–H groups in total. The molecular weight excluding hydrogens is 568 g/mol. The highest BCUT2D eigenvalue weighted by atomic mass is 35.5. The average molecular weight is 603 g/mol. The fourth-order valence-electron chi connectivity index (χ4n) is 3.31. The summed E-state index contributed by atoms with van der Waals surface area (Å²) in [7, 11) is 2.88. The Hall–Kier alpha value is -1.86. The zero-order valence-electron chi connectivity index (χ0n) is 22.3. The minimum atomic E-state index is -3.54. The second-order valence-electron chi connectivity index (χ2n) is 8.52. The lowest BCUT2D eigenvalue weighted by Crippen LogP contribution is -2.61. The van der Waals surface area contributed by atoms with Gasteiger partial charge in [-0.2, -0.15) is 13.8 Å². The molecule has 0 aromatic carbocycles. The molecule has 0 bridgehead atoms. The number of thioether (sulfide) groups is 1. The first kappa shape index (κ1) is 34.2. The Bertz CT molecular complexity index is 1150. The van der Waals surface area contributed by atoms with Crippen LogP contribution in [0.2, 0.25) is 5.15 Å². The van der Waals surface area contributed by atoms with E-state index < -0.39 is 62.8 Å². The number of hydrogen-bond acceptors (Lipinski definition) is 9. The van der Waals surface area contributed by atoms with Crippen molar-refractivity contribution in [1.82, 2.24) is 25.2 Å². The van der Waals surface area contributed by atoms with Gasteiger partial charge >= 0.3 is 6.09 Å². The number of ether oxygens (including phenoxy) is 2. The number of pyridine rings is 1. The van der Waals surface area contributed by atoms with Gasteiger partial charge in [0.15, 0.2) is 22.2 Å². The van der Waals surface area contributed by atoms with Gasteiger partial charge in [0, 0.05) is 19.6 Å². The van der Waals surface area contributed by atoms with Crippen molar-refractivity contribution in [1.29, 1.82) is 0 Å². The standard InChI is InChI=1S/C19H24ClF3N5O4PS.C2H6.CH5N/c1-18(2,3)32-17(30)28-6-5-24-8(7-28)12(19(22,23)33)31-15-9-11(10(21)13(20)26-15)25-16(34-4)27-14(9)29;2*1-2/h8,12,24H,5-7,33H2,1-4H3,(H,25,27,29);1-2H3;2H2,1H3. The molecule has 3 rings (SSSR count). The molecule has 1 amide bonds. The molecule has 3 atom stereocenters. The van der Waals surface area contributed by atoms with Crippen LogP contribution in [-0.4, -0.2) is 82.3 Å². The quantitative estimate of drug-likeness (QED) is 0.202. The summed E-state index contributed by atoms with van der Waals surface area (Å²) >= 11 is 6.89. The minimum Gasteiger partial charge on any atom is -0.465 e. The first-order valence-electron chi connectivity index (χ1n) is 11.7. The summed E-state index contributed by atoms with van der Waals surface area (Å²) in [5.74, 6) is -1.68. The Morgan fingerprint density at radius 2 is 1.89 bits per heavy atom. The fourth-order valence-corrected chi connectivity index (χ4v) is 4.15. The summed E-state index contributed by atoms with van der Waals surface area (Å²) in [4.78, 5) is 36.4. The Labute approximate surface area is 231 Å². The molecule has 0 radical (unpaired) electrons. The van der Waals surface area contributed by atoms with E-state index in [1.165, 1.54) is 21.2 Å². The van der Waals surface area contributed by atoms with Crippen molar-refractivity contribution in [2.75, 3.05) is 32.9 Å². The largest absolute Gasteiger partial charge is 0.465 e. The molecule has 0 aliphatic carbocycles. The number of carbonyl (C=O) groups excluding carboxylic acids is 1. The monoisotopic (exact) mass is 602 g/mol. The Kier molecular flexibility index (Phi) is 13.0. The van der Waals surface area contributed by atoms with Crippen LogP contribution in [0.25, 0.3) is 10.9 Å². The van der Waals surface area contributed by atoms with Crippen molar-refractivity contribution in [3.8, 4) is 5.88 Å². The lowest BCUT2D eigenvalue weighted by atomic mass is 10.1. The number of aromatic nitrogens is 3. The molecule has 3 heterocycles. The van der Waals surface area contributed by atoms with E-state index in [4.69, 9.17) is 21.1 Å². The van der Waals surface area contributed by atoms with Gasteiger partial charge in [-0.3, -0.25) is 4.79 Å². The highest BCUT2D eigenvalue weighted by Crippen LogP contribution is 2.35. The van der Waals surface area contributed by atoms with Gasteiger partial charge in [-0.15, -0.1) is 0 Å². The Balaban J connectivity index is 0.00000172. The van der Waals surface area contributed by atoms with Gasteiger partial charge in [-0.05, 0) is 34.1 Å². The van der Waals surface area contributed by atoms with Gasteiger partial charge in [-0.25, -0.2) is 14.2 Å². The summed E-state index contributed by atoms with van der Waals surface area (Å²) in [5.41, 5.74) is -1.09. The number of halogens is 4. The molecule has 3 unspecified atom stereocenters. The lowest BCUT2D eigenvalue weighted by molar-refractivity contribution is -0.0528. The van der Waals surface area contributed by atoms with Crippen LogP contribution in [0.1, 0.15) is 34.6 Å². The number of amides is 1. The number of alkyl halides is 2. The molecule has 1 saturated heterocycles. The molecule has 2 aromatic rings. The van der Waals surface area contributed by atoms with Gasteiger partial charge < -0.3 is 30.4 Å². The number of nitrogens with one attached hydrogen (secondary N) is 2. The summed E-state index contributed by atoms with van der Waals surface area (Å²) in [5, 5.41) is 1.84. The van der Waals surface area contributed by atoms with Gasteiger partial charge in [0.25, 0.3) is 11.2 Å². The van der Waals surface area contributed by atoms with Gasteiger partial charge in [-0.1, -0.05) is 46.5 Å². The third kappa shape index (κ3) is 8.84. The smallest absolute Gasteiger partial charge is 0.410 e. The van der Waals surface area contributed by atoms with Gasteiger partial charge in [0.05, 0.1) is 6.04 Å². The molecule has 16 heteroatoms. The van der Waals surface area contributed by atoms with Gasteiger partial charge in [0.1, 0.15) is 16.5 Å². The third-order valence-electron chi connectivity index (χ3n) is 4.73. The molecule has 10 nitrogen and oxygen atoms in total. The maximum absolute atomic E-state index is 14.7. The van der Waals surface area contributed by atoms with Crippen LogP contribution >= 0.6 is 32.6 Å². The fraction of sp³-hybridized carbons (Fsp3) is 0.636. The van der Waals surface area contributed by atoms with Crippen LogP contribution in [0.3, 0.4) is 0 Å². The summed E-state index contributed by atoms with van der Waals surface area (Å²) in [6, 6.07) is -1.09. The van der Waals surface area contributed by atoms with Crippen LogP contribution in [0.5, 0.6) is 5.88 Å². The van der Waals surface area contributed by atoms with E-state index in [-0.39, 0.29) is 24.8 Å². The van der Waals surface area contributed by atoms with Crippen LogP contribution in [0, 0.1) is 5.82 Å². The number of carbonyl (C=O) groups is 1. The highest BCUT2D eigenvalue weighted by Gasteiger charge is 2.45. The number of aromatic amines is 1. The van der Waals surface area contributed by atoms with E-state index in [2.05, 4.69) is 26.0 Å². The number of piperazine rings is 1. The highest BCUT2D eigenvalue weighted by molar-refractivity contribution is 7.98. The van der Waals surface area contributed by atoms with E-state index in [0.29, 0.717) is 0 Å². The first-order valence-corrected chi connectivity index (χ1v) is 13.8. The average Bonchev–Trinajstić information content (AvgIpc) is 2.85. The first-order chi connectivity index (χ1) is 17.7.